The van der Waals surface area contributed by atoms with Crippen LogP contribution in [0.3, 0.4) is 0 Å². The maximum absolute atomic E-state index is 12.4. The van der Waals surface area contributed by atoms with E-state index in [0.29, 0.717) is 10.4 Å². The van der Waals surface area contributed by atoms with Crippen molar-refractivity contribution in [2.24, 2.45) is 5.41 Å². The molecule has 2 aromatic rings. The lowest BCUT2D eigenvalue weighted by Gasteiger charge is -2.12. The first-order chi connectivity index (χ1) is 12.0. The maximum atomic E-state index is 12.4. The van der Waals surface area contributed by atoms with Gasteiger partial charge in [-0.15, -0.1) is 34.5 Å². The number of nitro benzene ring substituents is 1. The molecule has 10 heteroatoms. The topological polar surface area (TPSA) is 110 Å². The molecule has 1 atom stereocenters. The number of alkyl halides is 2. The summed E-state index contributed by atoms with van der Waals surface area (Å²) in [6.07, 6.45) is 0.263. The van der Waals surface area contributed by atoms with Gasteiger partial charge in [-0.3, -0.25) is 14.9 Å². The number of nitrogens with zero attached hydrogens (tertiary/aromatic N) is 1. The molecule has 0 saturated heterocycles. The third-order valence-electron chi connectivity index (χ3n) is 4.28. The first-order valence-corrected chi connectivity index (χ1v) is 8.94. The van der Waals surface area contributed by atoms with Crippen molar-refractivity contribution < 1.29 is 19.6 Å². The Morgan fingerprint density at radius 2 is 2.00 bits per heavy atom. The van der Waals surface area contributed by atoms with Crippen LogP contribution in [0.4, 0.5) is 11.4 Å². The van der Waals surface area contributed by atoms with E-state index in [2.05, 4.69) is 5.32 Å². The summed E-state index contributed by atoms with van der Waals surface area (Å²) in [6, 6.07) is 7.29. The highest BCUT2D eigenvalue weighted by Crippen LogP contribution is 2.64. The minimum atomic E-state index is -1.22. The van der Waals surface area contributed by atoms with Gasteiger partial charge >= 0.3 is 5.97 Å². The van der Waals surface area contributed by atoms with Crippen LogP contribution in [-0.2, 0) is 4.79 Å². The van der Waals surface area contributed by atoms with E-state index in [9.17, 15) is 24.8 Å². The summed E-state index contributed by atoms with van der Waals surface area (Å²) in [5, 5.41) is 22.9. The van der Waals surface area contributed by atoms with Crippen molar-refractivity contribution >= 4 is 57.8 Å². The van der Waals surface area contributed by atoms with Crippen molar-refractivity contribution in [3.8, 4) is 10.4 Å². The average molecular weight is 415 g/mol. The molecule has 1 heterocycles. The van der Waals surface area contributed by atoms with Crippen LogP contribution in [-0.4, -0.2) is 26.2 Å². The van der Waals surface area contributed by atoms with Gasteiger partial charge in [0.15, 0.2) is 0 Å². The van der Waals surface area contributed by atoms with Crippen molar-refractivity contribution in [2.75, 3.05) is 5.32 Å². The van der Waals surface area contributed by atoms with E-state index >= 15 is 0 Å². The summed E-state index contributed by atoms with van der Waals surface area (Å²) in [5.41, 5.74) is -0.530. The number of aromatic carboxylic acids is 1. The van der Waals surface area contributed by atoms with E-state index in [1.54, 1.807) is 13.0 Å². The number of non-ortho nitro benzene ring substituents is 1. The SMILES string of the molecule is C[C@]1(C(=O)Nc2cc(-c3cccc([N+](=O)[O-])c3)sc2C(=O)O)CC1(Cl)Cl. The molecular formula is C16H12Cl2N2O5S. The molecule has 0 unspecified atom stereocenters. The summed E-state index contributed by atoms with van der Waals surface area (Å²) >= 11 is 12.9. The number of rotatable bonds is 5. The summed E-state index contributed by atoms with van der Waals surface area (Å²) in [6.45, 7) is 1.59. The van der Waals surface area contributed by atoms with Gasteiger partial charge in [0.2, 0.25) is 5.91 Å². The maximum Gasteiger partial charge on any atom is 0.348 e. The monoisotopic (exact) mass is 414 g/mol. The zero-order chi connectivity index (χ0) is 19.3. The van der Waals surface area contributed by atoms with Crippen molar-refractivity contribution in [3.63, 3.8) is 0 Å². The number of carbonyl (C=O) groups is 2. The first-order valence-electron chi connectivity index (χ1n) is 7.36. The molecule has 1 fully saturated rings. The Bertz CT molecular complexity index is 942. The molecule has 0 aliphatic heterocycles. The van der Waals surface area contributed by atoms with Crippen LogP contribution in [0.15, 0.2) is 30.3 Å². The molecule has 0 radical (unpaired) electrons. The molecule has 0 spiro atoms. The van der Waals surface area contributed by atoms with Gasteiger partial charge in [-0.2, -0.15) is 0 Å². The van der Waals surface area contributed by atoms with E-state index in [1.165, 1.54) is 24.3 Å². The molecule has 26 heavy (non-hydrogen) atoms. The van der Waals surface area contributed by atoms with E-state index < -0.39 is 26.5 Å². The number of carbonyl (C=O) groups excluding carboxylic acids is 1. The van der Waals surface area contributed by atoms with Crippen LogP contribution in [0.25, 0.3) is 10.4 Å². The fourth-order valence-electron chi connectivity index (χ4n) is 2.46. The Morgan fingerprint density at radius 1 is 1.35 bits per heavy atom. The smallest absolute Gasteiger partial charge is 0.348 e. The lowest BCUT2D eigenvalue weighted by molar-refractivity contribution is -0.384. The second kappa shape index (κ2) is 6.22. The third-order valence-corrected chi connectivity index (χ3v) is 6.55. The molecule has 1 aliphatic rings. The molecular weight excluding hydrogens is 403 g/mol. The van der Waals surface area contributed by atoms with Gasteiger partial charge in [-0.1, -0.05) is 12.1 Å². The van der Waals surface area contributed by atoms with E-state index in [1.807, 2.05) is 0 Å². The van der Waals surface area contributed by atoms with E-state index in [-0.39, 0.29) is 22.7 Å². The summed E-state index contributed by atoms with van der Waals surface area (Å²) in [5.74, 6) is -1.70. The number of thiophene rings is 1. The number of anilines is 1. The van der Waals surface area contributed by atoms with Crippen molar-refractivity contribution in [1.29, 1.82) is 0 Å². The molecule has 1 saturated carbocycles. The molecule has 1 aromatic carbocycles. The number of benzene rings is 1. The van der Waals surface area contributed by atoms with Crippen molar-refractivity contribution in [3.05, 3.63) is 45.3 Å². The molecule has 7 nitrogen and oxygen atoms in total. The lowest BCUT2D eigenvalue weighted by Crippen LogP contribution is -2.26. The van der Waals surface area contributed by atoms with Crippen LogP contribution in [0.1, 0.15) is 23.0 Å². The average Bonchev–Trinajstić information content (AvgIpc) is 2.92. The fourth-order valence-corrected chi connectivity index (χ4v) is 4.12. The number of nitrogens with one attached hydrogen (secondary N) is 1. The van der Waals surface area contributed by atoms with Gasteiger partial charge in [-0.05, 0) is 25.0 Å². The summed E-state index contributed by atoms with van der Waals surface area (Å²) < 4.78 is -1.18. The number of nitro groups is 1. The van der Waals surface area contributed by atoms with E-state index in [4.69, 9.17) is 23.2 Å². The Balaban J connectivity index is 1.95. The van der Waals surface area contributed by atoms with Gasteiger partial charge < -0.3 is 10.4 Å². The lowest BCUT2D eigenvalue weighted by atomic mass is 10.1. The molecule has 1 amide bonds. The Hall–Kier alpha value is -2.16. The quantitative estimate of drug-likeness (QED) is 0.423. The Morgan fingerprint density at radius 3 is 2.54 bits per heavy atom. The molecule has 1 aliphatic carbocycles. The van der Waals surface area contributed by atoms with Gasteiger partial charge in [0, 0.05) is 17.0 Å². The largest absolute Gasteiger partial charge is 0.477 e. The number of carboxylic acids is 1. The summed E-state index contributed by atoms with van der Waals surface area (Å²) in [4.78, 5) is 34.7. The number of hydrogen-bond donors (Lipinski definition) is 2. The predicted molar refractivity (Wildman–Crippen MR) is 99.2 cm³/mol. The van der Waals surface area contributed by atoms with Crippen LogP contribution >= 0.6 is 34.5 Å². The minimum Gasteiger partial charge on any atom is -0.477 e. The highest BCUT2D eigenvalue weighted by atomic mass is 35.5. The Kier molecular flexibility index (Phi) is 4.46. The zero-order valence-electron chi connectivity index (χ0n) is 13.3. The van der Waals surface area contributed by atoms with Crippen molar-refractivity contribution in [2.45, 2.75) is 17.7 Å². The molecule has 3 rings (SSSR count). The molecule has 2 N–H and O–H groups in total. The van der Waals surface area contributed by atoms with Gasteiger partial charge in [0.1, 0.15) is 9.21 Å². The number of carboxylic acid groups (broad SMARTS) is 1. The van der Waals surface area contributed by atoms with Gasteiger partial charge in [0.05, 0.1) is 16.0 Å². The molecule has 0 bridgehead atoms. The van der Waals surface area contributed by atoms with Crippen LogP contribution in [0, 0.1) is 15.5 Å². The minimum absolute atomic E-state index is 0.0844. The second-order valence-corrected chi connectivity index (χ2v) is 8.67. The van der Waals surface area contributed by atoms with Crippen LogP contribution < -0.4 is 5.32 Å². The van der Waals surface area contributed by atoms with Gasteiger partial charge in [-0.25, -0.2) is 4.79 Å². The van der Waals surface area contributed by atoms with Crippen LogP contribution in [0.5, 0.6) is 0 Å². The first kappa shape index (κ1) is 18.6. The standard InChI is InChI=1S/C16H12Cl2N2O5S/c1-15(7-16(15,17)18)14(23)19-10-6-11(26-12(10)13(21)22)8-3-2-4-9(5-8)20(24)25/h2-6H,7H2,1H3,(H,19,23)(H,21,22)/t15-/m1/s1. The second-order valence-electron chi connectivity index (χ2n) is 6.13. The van der Waals surface area contributed by atoms with Crippen LogP contribution in [0.2, 0.25) is 0 Å². The highest BCUT2D eigenvalue weighted by molar-refractivity contribution is 7.18. The zero-order valence-corrected chi connectivity index (χ0v) is 15.6. The number of hydrogen-bond acceptors (Lipinski definition) is 5. The fraction of sp³-hybridized carbons (Fsp3) is 0.250. The predicted octanol–water partition coefficient (Wildman–Crippen LogP) is 4.54. The third kappa shape index (κ3) is 3.15. The molecule has 136 valence electrons. The number of halogens is 2. The van der Waals surface area contributed by atoms with E-state index in [0.717, 1.165) is 11.3 Å². The Labute approximate surface area is 161 Å². The highest BCUT2D eigenvalue weighted by Gasteiger charge is 2.68. The van der Waals surface area contributed by atoms with Gasteiger partial charge in [0.25, 0.3) is 5.69 Å². The summed E-state index contributed by atoms with van der Waals surface area (Å²) in [7, 11) is 0. The normalized spacial score (nSPS) is 20.4. The van der Waals surface area contributed by atoms with Crippen molar-refractivity contribution in [1.82, 2.24) is 0 Å². The number of amides is 1. The molecule has 1 aromatic heterocycles.